The van der Waals surface area contributed by atoms with Crippen molar-refractivity contribution < 1.29 is 12.8 Å². The summed E-state index contributed by atoms with van der Waals surface area (Å²) in [6.45, 7) is 0. The molecule has 0 N–H and O–H groups in total. The summed E-state index contributed by atoms with van der Waals surface area (Å²) in [7, 11) is -3.58. The Morgan fingerprint density at radius 1 is 1.11 bits per heavy atom. The van der Waals surface area contributed by atoms with E-state index in [1.165, 1.54) is 24.3 Å². The number of hydrogen-bond acceptors (Lipinski definition) is 3. The van der Waals surface area contributed by atoms with E-state index in [0.717, 1.165) is 6.07 Å². The molecule has 0 unspecified atom stereocenters. The molecule has 0 heterocycles. The van der Waals surface area contributed by atoms with Crippen molar-refractivity contribution in [3.63, 3.8) is 0 Å². The Labute approximate surface area is 110 Å². The molecule has 0 saturated heterocycles. The van der Waals surface area contributed by atoms with Gasteiger partial charge in [0.15, 0.2) is 9.84 Å². The van der Waals surface area contributed by atoms with Gasteiger partial charge < -0.3 is 0 Å². The van der Waals surface area contributed by atoms with Crippen LogP contribution >= 0.6 is 0 Å². The highest BCUT2D eigenvalue weighted by molar-refractivity contribution is 7.90. The second-order valence-electron chi connectivity index (χ2n) is 3.99. The van der Waals surface area contributed by atoms with Crippen LogP contribution in [0.3, 0.4) is 0 Å². The molecule has 2 rings (SSSR count). The number of nitriles is 1. The van der Waals surface area contributed by atoms with E-state index in [1.54, 1.807) is 24.3 Å². The van der Waals surface area contributed by atoms with Gasteiger partial charge in [0.1, 0.15) is 5.82 Å². The lowest BCUT2D eigenvalue weighted by Gasteiger charge is -2.05. The quantitative estimate of drug-likeness (QED) is 0.865. The maximum atomic E-state index is 13.7. The fraction of sp³-hybridized carbons (Fsp3) is 0.0714. The fourth-order valence-electron chi connectivity index (χ4n) is 1.65. The van der Waals surface area contributed by atoms with Gasteiger partial charge in [-0.3, -0.25) is 0 Å². The van der Waals surface area contributed by atoms with Crippen molar-refractivity contribution >= 4 is 9.84 Å². The number of halogens is 1. The van der Waals surface area contributed by atoms with Crippen LogP contribution in [-0.4, -0.2) is 8.42 Å². The lowest BCUT2D eigenvalue weighted by Crippen LogP contribution is -2.06. The molecule has 2 aromatic carbocycles. The molecule has 0 radical (unpaired) electrons. The second-order valence-corrected chi connectivity index (χ2v) is 5.98. The number of hydrogen-bond donors (Lipinski definition) is 0. The average Bonchev–Trinajstić information content (AvgIpc) is 2.42. The molecule has 0 aliphatic carbocycles. The largest absolute Gasteiger partial charge is 0.223 e. The standard InChI is InChI=1S/C14H10FNO2S/c15-14-8-11(9-16)6-7-12(14)10-19(17,18)13-4-2-1-3-5-13/h1-8H,10H2. The SMILES string of the molecule is N#Cc1ccc(CS(=O)(=O)c2ccccc2)c(F)c1. The van der Waals surface area contributed by atoms with Crippen molar-refractivity contribution in [3.05, 3.63) is 65.5 Å². The van der Waals surface area contributed by atoms with Gasteiger partial charge in [0.2, 0.25) is 0 Å². The average molecular weight is 275 g/mol. The minimum absolute atomic E-state index is 0.0582. The topological polar surface area (TPSA) is 57.9 Å². The van der Waals surface area contributed by atoms with Gasteiger partial charge in [-0.25, -0.2) is 12.8 Å². The van der Waals surface area contributed by atoms with Gasteiger partial charge in [0.05, 0.1) is 22.3 Å². The van der Waals surface area contributed by atoms with Crippen LogP contribution in [0.15, 0.2) is 53.4 Å². The van der Waals surface area contributed by atoms with E-state index in [1.807, 2.05) is 0 Å². The second kappa shape index (κ2) is 5.21. The van der Waals surface area contributed by atoms with Crippen LogP contribution in [0, 0.1) is 17.1 Å². The third-order valence-electron chi connectivity index (χ3n) is 2.63. The predicted octanol–water partition coefficient (Wildman–Crippen LogP) is 2.67. The first-order chi connectivity index (χ1) is 9.03. The Bertz CT molecular complexity index is 734. The summed E-state index contributed by atoms with van der Waals surface area (Å²) in [6.07, 6.45) is 0. The van der Waals surface area contributed by atoms with E-state index < -0.39 is 21.4 Å². The van der Waals surface area contributed by atoms with Crippen LogP contribution in [0.4, 0.5) is 4.39 Å². The van der Waals surface area contributed by atoms with Crippen LogP contribution in [-0.2, 0) is 15.6 Å². The zero-order chi connectivity index (χ0) is 13.9. The van der Waals surface area contributed by atoms with Crippen LogP contribution in [0.2, 0.25) is 0 Å². The summed E-state index contributed by atoms with van der Waals surface area (Å²) in [6, 6.07) is 13.4. The van der Waals surface area contributed by atoms with Gasteiger partial charge in [0, 0.05) is 5.56 Å². The van der Waals surface area contributed by atoms with Gasteiger partial charge in [-0.1, -0.05) is 24.3 Å². The minimum Gasteiger partial charge on any atom is -0.223 e. The predicted molar refractivity (Wildman–Crippen MR) is 68.4 cm³/mol. The van der Waals surface area contributed by atoms with Gasteiger partial charge in [-0.15, -0.1) is 0 Å². The minimum atomic E-state index is -3.58. The molecule has 0 aliphatic rings. The molecular formula is C14H10FNO2S. The number of nitrogens with zero attached hydrogens (tertiary/aromatic N) is 1. The van der Waals surface area contributed by atoms with E-state index in [2.05, 4.69) is 0 Å². The summed E-state index contributed by atoms with van der Waals surface area (Å²) in [5, 5.41) is 8.63. The zero-order valence-corrected chi connectivity index (χ0v) is 10.7. The third kappa shape index (κ3) is 2.98. The van der Waals surface area contributed by atoms with Crippen LogP contribution in [0.25, 0.3) is 0 Å². The van der Waals surface area contributed by atoms with Gasteiger partial charge in [0.25, 0.3) is 0 Å². The molecule has 19 heavy (non-hydrogen) atoms. The Kier molecular flexibility index (Phi) is 3.63. The van der Waals surface area contributed by atoms with E-state index >= 15 is 0 Å². The number of benzene rings is 2. The lowest BCUT2D eigenvalue weighted by atomic mass is 10.1. The molecule has 0 atom stereocenters. The summed E-state index contributed by atoms with van der Waals surface area (Å²) in [5.74, 6) is -1.10. The molecular weight excluding hydrogens is 265 g/mol. The molecule has 0 saturated carbocycles. The highest BCUT2D eigenvalue weighted by atomic mass is 32.2. The van der Waals surface area contributed by atoms with Crippen LogP contribution < -0.4 is 0 Å². The van der Waals surface area contributed by atoms with Crippen LogP contribution in [0.1, 0.15) is 11.1 Å². The molecule has 0 aliphatic heterocycles. The number of sulfone groups is 1. The van der Waals surface area contributed by atoms with Gasteiger partial charge in [-0.2, -0.15) is 5.26 Å². The maximum absolute atomic E-state index is 13.7. The molecule has 5 heteroatoms. The summed E-state index contributed by atoms with van der Waals surface area (Å²) in [4.78, 5) is 0.152. The third-order valence-corrected chi connectivity index (χ3v) is 4.31. The van der Waals surface area contributed by atoms with Crippen molar-refractivity contribution in [3.8, 4) is 6.07 Å². The molecule has 0 spiro atoms. The molecule has 0 amide bonds. The van der Waals surface area contributed by atoms with E-state index in [0.29, 0.717) is 0 Å². The summed E-state index contributed by atoms with van der Waals surface area (Å²) < 4.78 is 37.8. The molecule has 0 fully saturated rings. The lowest BCUT2D eigenvalue weighted by molar-refractivity contribution is 0.587. The number of rotatable bonds is 3. The highest BCUT2D eigenvalue weighted by Crippen LogP contribution is 2.18. The Morgan fingerprint density at radius 3 is 2.37 bits per heavy atom. The van der Waals surface area contributed by atoms with Crippen molar-refractivity contribution in [2.24, 2.45) is 0 Å². The van der Waals surface area contributed by atoms with E-state index in [9.17, 15) is 12.8 Å². The first kappa shape index (κ1) is 13.2. The Hall–Kier alpha value is -2.19. The highest BCUT2D eigenvalue weighted by Gasteiger charge is 2.17. The van der Waals surface area contributed by atoms with E-state index in [-0.39, 0.29) is 16.0 Å². The van der Waals surface area contributed by atoms with E-state index in [4.69, 9.17) is 5.26 Å². The molecule has 0 bridgehead atoms. The molecule has 96 valence electrons. The van der Waals surface area contributed by atoms with Crippen LogP contribution in [0.5, 0.6) is 0 Å². The van der Waals surface area contributed by atoms with Crippen molar-refractivity contribution in [2.45, 2.75) is 10.6 Å². The smallest absolute Gasteiger partial charge is 0.182 e. The monoisotopic (exact) mass is 275 g/mol. The molecule has 2 aromatic rings. The first-order valence-electron chi connectivity index (χ1n) is 5.49. The first-order valence-corrected chi connectivity index (χ1v) is 7.14. The van der Waals surface area contributed by atoms with Gasteiger partial charge >= 0.3 is 0 Å². The Balaban J connectivity index is 2.34. The normalized spacial score (nSPS) is 10.9. The van der Waals surface area contributed by atoms with Gasteiger partial charge in [-0.05, 0) is 24.3 Å². The summed E-state index contributed by atoms with van der Waals surface area (Å²) >= 11 is 0. The summed E-state index contributed by atoms with van der Waals surface area (Å²) in [5.41, 5.74) is 0.223. The molecule has 3 nitrogen and oxygen atoms in total. The maximum Gasteiger partial charge on any atom is 0.182 e. The zero-order valence-electron chi connectivity index (χ0n) is 9.88. The fourth-order valence-corrected chi connectivity index (χ4v) is 3.03. The van der Waals surface area contributed by atoms with Crippen molar-refractivity contribution in [1.82, 2.24) is 0 Å². The van der Waals surface area contributed by atoms with Crippen molar-refractivity contribution in [1.29, 1.82) is 5.26 Å². The molecule has 0 aromatic heterocycles. The Morgan fingerprint density at radius 2 is 1.79 bits per heavy atom. The van der Waals surface area contributed by atoms with Crippen molar-refractivity contribution in [2.75, 3.05) is 0 Å².